The second kappa shape index (κ2) is 9.88. The summed E-state index contributed by atoms with van der Waals surface area (Å²) in [4.78, 5) is 9.87. The van der Waals surface area contributed by atoms with Gasteiger partial charge in [-0.3, -0.25) is 4.99 Å². The smallest absolute Gasteiger partial charge is 0.354 e. The van der Waals surface area contributed by atoms with Gasteiger partial charge in [-0.25, -0.2) is 4.98 Å². The molecule has 0 aliphatic rings. The van der Waals surface area contributed by atoms with E-state index in [9.17, 15) is 13.2 Å². The summed E-state index contributed by atoms with van der Waals surface area (Å²) < 4.78 is 37.9. The van der Waals surface area contributed by atoms with Crippen LogP contribution in [-0.2, 0) is 19.1 Å². The van der Waals surface area contributed by atoms with E-state index in [0.717, 1.165) is 23.1 Å². The van der Waals surface area contributed by atoms with Crippen LogP contribution >= 0.6 is 11.3 Å². The van der Waals surface area contributed by atoms with E-state index in [0.29, 0.717) is 17.5 Å². The summed E-state index contributed by atoms with van der Waals surface area (Å²) in [5, 5.41) is 7.63. The summed E-state index contributed by atoms with van der Waals surface area (Å²) in [6.07, 6.45) is -3.42. The van der Waals surface area contributed by atoms with Crippen molar-refractivity contribution in [3.05, 3.63) is 51.5 Å². The highest BCUT2D eigenvalue weighted by Gasteiger charge is 2.33. The third kappa shape index (κ3) is 6.20. The van der Waals surface area contributed by atoms with Crippen molar-refractivity contribution in [2.75, 3.05) is 27.7 Å². The zero-order chi connectivity index (χ0) is 20.7. The van der Waals surface area contributed by atoms with Gasteiger partial charge >= 0.3 is 6.18 Å². The predicted octanol–water partition coefficient (Wildman–Crippen LogP) is 3.69. The molecule has 0 bridgehead atoms. The van der Waals surface area contributed by atoms with Crippen molar-refractivity contribution in [3.8, 4) is 0 Å². The van der Waals surface area contributed by atoms with Crippen molar-refractivity contribution in [2.24, 2.45) is 4.99 Å². The molecule has 2 N–H and O–H groups in total. The lowest BCUT2D eigenvalue weighted by molar-refractivity contribution is -0.140. The number of rotatable bonds is 7. The van der Waals surface area contributed by atoms with E-state index in [-0.39, 0.29) is 12.6 Å². The molecule has 1 aromatic heterocycles. The van der Waals surface area contributed by atoms with Gasteiger partial charge in [0.15, 0.2) is 11.7 Å². The first-order chi connectivity index (χ1) is 13.2. The second-order valence-electron chi connectivity index (χ2n) is 6.51. The zero-order valence-corrected chi connectivity index (χ0v) is 17.3. The summed E-state index contributed by atoms with van der Waals surface area (Å²) >= 11 is 0.974. The van der Waals surface area contributed by atoms with Crippen LogP contribution in [0.4, 0.5) is 13.2 Å². The predicted molar refractivity (Wildman–Crippen MR) is 108 cm³/mol. The molecule has 9 heteroatoms. The maximum absolute atomic E-state index is 12.6. The van der Waals surface area contributed by atoms with Crippen LogP contribution in [-0.4, -0.2) is 43.5 Å². The van der Waals surface area contributed by atoms with Crippen molar-refractivity contribution in [2.45, 2.75) is 32.1 Å². The SMILES string of the molecule is CCc1ccc(C(CNC(=NC)NCc2nc(C(F)(F)F)cs2)N(C)C)cc1. The first kappa shape index (κ1) is 22.2. The van der Waals surface area contributed by atoms with E-state index in [2.05, 4.69) is 56.7 Å². The molecule has 2 aromatic rings. The van der Waals surface area contributed by atoms with E-state index in [1.807, 2.05) is 14.1 Å². The Morgan fingerprint density at radius 1 is 1.21 bits per heavy atom. The Hall–Kier alpha value is -2.13. The van der Waals surface area contributed by atoms with Gasteiger partial charge in [0.25, 0.3) is 0 Å². The van der Waals surface area contributed by atoms with Crippen LogP contribution in [0.1, 0.15) is 34.8 Å². The number of nitrogens with one attached hydrogen (secondary N) is 2. The third-order valence-electron chi connectivity index (χ3n) is 4.33. The summed E-state index contributed by atoms with van der Waals surface area (Å²) in [6.45, 7) is 2.90. The van der Waals surface area contributed by atoms with E-state index < -0.39 is 11.9 Å². The van der Waals surface area contributed by atoms with Gasteiger partial charge in [0.1, 0.15) is 5.01 Å². The number of nitrogens with zero attached hydrogens (tertiary/aromatic N) is 3. The summed E-state index contributed by atoms with van der Waals surface area (Å²) in [6, 6.07) is 8.62. The van der Waals surface area contributed by atoms with Crippen LogP contribution in [0.3, 0.4) is 0 Å². The number of likely N-dealkylation sites (N-methyl/N-ethyl adjacent to an activating group) is 1. The van der Waals surface area contributed by atoms with Gasteiger partial charge in [-0.2, -0.15) is 13.2 Å². The standard InChI is InChI=1S/C19H26F3N5S/c1-5-13-6-8-14(9-7-13)15(27(3)4)10-24-18(23-2)25-11-17-26-16(12-28-17)19(20,21)22/h6-9,12,15H,5,10-11H2,1-4H3,(H2,23,24,25). The minimum Gasteiger partial charge on any atom is -0.354 e. The van der Waals surface area contributed by atoms with Gasteiger partial charge in [0, 0.05) is 19.0 Å². The van der Waals surface area contributed by atoms with Gasteiger partial charge < -0.3 is 15.5 Å². The number of hydrogen-bond donors (Lipinski definition) is 2. The number of guanidine groups is 1. The molecule has 2 rings (SSSR count). The zero-order valence-electron chi connectivity index (χ0n) is 16.5. The molecule has 0 saturated carbocycles. The van der Waals surface area contributed by atoms with Crippen LogP contribution < -0.4 is 10.6 Å². The number of aliphatic imine (C=N–C) groups is 1. The highest BCUT2D eigenvalue weighted by molar-refractivity contribution is 7.09. The summed E-state index contributed by atoms with van der Waals surface area (Å²) in [5.74, 6) is 0.515. The van der Waals surface area contributed by atoms with E-state index in [1.54, 1.807) is 7.05 Å². The maximum Gasteiger partial charge on any atom is 0.434 e. The average Bonchev–Trinajstić information content (AvgIpc) is 3.14. The van der Waals surface area contributed by atoms with Gasteiger partial charge in [0.05, 0.1) is 12.6 Å². The molecule has 5 nitrogen and oxygen atoms in total. The molecule has 0 spiro atoms. The molecule has 0 saturated heterocycles. The Balaban J connectivity index is 1.94. The molecule has 1 heterocycles. The normalized spacial score (nSPS) is 13.6. The lowest BCUT2D eigenvalue weighted by Crippen LogP contribution is -2.41. The van der Waals surface area contributed by atoms with Gasteiger partial charge in [0.2, 0.25) is 0 Å². The number of aryl methyl sites for hydroxylation is 1. The van der Waals surface area contributed by atoms with Crippen molar-refractivity contribution < 1.29 is 13.2 Å². The lowest BCUT2D eigenvalue weighted by Gasteiger charge is -2.26. The molecule has 0 radical (unpaired) electrons. The molecule has 1 aromatic carbocycles. The maximum atomic E-state index is 12.6. The number of thiazole rings is 1. The molecule has 28 heavy (non-hydrogen) atoms. The molecule has 154 valence electrons. The Kier molecular flexibility index (Phi) is 7.82. The van der Waals surface area contributed by atoms with Crippen LogP contribution in [0.2, 0.25) is 0 Å². The molecule has 0 aliphatic carbocycles. The van der Waals surface area contributed by atoms with Crippen molar-refractivity contribution >= 4 is 17.3 Å². The summed E-state index contributed by atoms with van der Waals surface area (Å²) in [7, 11) is 5.63. The number of hydrogen-bond acceptors (Lipinski definition) is 4. The second-order valence-corrected chi connectivity index (χ2v) is 7.45. The highest BCUT2D eigenvalue weighted by Crippen LogP contribution is 2.29. The molecular formula is C19H26F3N5S. The number of halogens is 3. The molecule has 1 unspecified atom stereocenters. The van der Waals surface area contributed by atoms with E-state index in [1.165, 1.54) is 11.1 Å². The van der Waals surface area contributed by atoms with Crippen LogP contribution in [0.5, 0.6) is 0 Å². The topological polar surface area (TPSA) is 52.6 Å². The quantitative estimate of drug-likeness (QED) is 0.537. The van der Waals surface area contributed by atoms with Crippen LogP contribution in [0, 0.1) is 0 Å². The van der Waals surface area contributed by atoms with Crippen LogP contribution in [0.25, 0.3) is 0 Å². The minimum absolute atomic E-state index is 0.126. The number of benzene rings is 1. The first-order valence-corrected chi connectivity index (χ1v) is 9.84. The van der Waals surface area contributed by atoms with E-state index >= 15 is 0 Å². The largest absolute Gasteiger partial charge is 0.434 e. The molecular weight excluding hydrogens is 387 g/mol. The number of alkyl halides is 3. The average molecular weight is 414 g/mol. The fourth-order valence-electron chi connectivity index (χ4n) is 2.67. The fraction of sp³-hybridized carbons (Fsp3) is 0.474. The molecule has 0 amide bonds. The Bertz CT molecular complexity index is 769. The van der Waals surface area contributed by atoms with Gasteiger partial charge in [-0.05, 0) is 31.6 Å². The third-order valence-corrected chi connectivity index (χ3v) is 5.18. The fourth-order valence-corrected chi connectivity index (χ4v) is 3.41. The van der Waals surface area contributed by atoms with Gasteiger partial charge in [-0.1, -0.05) is 31.2 Å². The Morgan fingerprint density at radius 2 is 1.89 bits per heavy atom. The monoisotopic (exact) mass is 413 g/mol. The van der Waals surface area contributed by atoms with Crippen molar-refractivity contribution in [1.82, 2.24) is 20.5 Å². The van der Waals surface area contributed by atoms with Crippen molar-refractivity contribution in [3.63, 3.8) is 0 Å². The van der Waals surface area contributed by atoms with Crippen molar-refractivity contribution in [1.29, 1.82) is 0 Å². The van der Waals surface area contributed by atoms with Crippen LogP contribution in [0.15, 0.2) is 34.6 Å². The molecule has 0 aliphatic heterocycles. The Labute approximate surface area is 167 Å². The lowest BCUT2D eigenvalue weighted by atomic mass is 10.0. The first-order valence-electron chi connectivity index (χ1n) is 8.96. The van der Waals surface area contributed by atoms with Gasteiger partial charge in [-0.15, -0.1) is 11.3 Å². The number of aromatic nitrogens is 1. The minimum atomic E-state index is -4.42. The highest BCUT2D eigenvalue weighted by atomic mass is 32.1. The molecule has 0 fully saturated rings. The Morgan fingerprint density at radius 3 is 2.39 bits per heavy atom. The summed E-state index contributed by atoms with van der Waals surface area (Å²) in [5.41, 5.74) is 1.61. The molecule has 1 atom stereocenters. The van der Waals surface area contributed by atoms with E-state index in [4.69, 9.17) is 0 Å².